The molecule has 0 saturated carbocycles. The van der Waals surface area contributed by atoms with Gasteiger partial charge in [0.15, 0.2) is 0 Å². The first kappa shape index (κ1) is 88.9. The second-order valence-corrected chi connectivity index (χ2v) is 29.9. The van der Waals surface area contributed by atoms with Gasteiger partial charge in [-0.3, -0.25) is 71.9 Å². The summed E-state index contributed by atoms with van der Waals surface area (Å²) in [5.74, 6) is -12.9. The molecule has 0 unspecified atom stereocenters. The lowest BCUT2D eigenvalue weighted by atomic mass is 9.99. The predicted molar refractivity (Wildman–Crippen MR) is 416 cm³/mol. The number of amides is 14. The highest BCUT2D eigenvalue weighted by atomic mass is 16.4. The van der Waals surface area contributed by atoms with Crippen LogP contribution < -0.4 is 76.1 Å². The molecule has 12 atom stereocenters. The number of benzene rings is 2. The van der Waals surface area contributed by atoms with Crippen molar-refractivity contribution in [2.45, 2.75) is 236 Å². The second kappa shape index (κ2) is 43.5. The molecule has 2 aliphatic rings. The Labute approximate surface area is 655 Å². The molecule has 2 saturated heterocycles. The number of carbonyl (C=O) groups is 15. The number of fused-ring (bicyclic) bond motifs is 2. The Hall–Kier alpha value is -11.3. The zero-order valence-corrected chi connectivity index (χ0v) is 65.0. The van der Waals surface area contributed by atoms with Crippen molar-refractivity contribution in [3.63, 3.8) is 0 Å². The maximum absolute atomic E-state index is 15.0. The number of para-hydroxylation sites is 2. The van der Waals surface area contributed by atoms with Crippen molar-refractivity contribution >= 4 is 110 Å². The van der Waals surface area contributed by atoms with Crippen molar-refractivity contribution in [2.24, 2.45) is 34.8 Å². The quantitative estimate of drug-likeness (QED) is 0.0213. The molecular weight excluding hydrogens is 1460 g/mol. The van der Waals surface area contributed by atoms with E-state index in [2.05, 4.69) is 73.1 Å². The summed E-state index contributed by atoms with van der Waals surface area (Å²) in [5, 5.41) is 37.7. The van der Waals surface area contributed by atoms with Crippen LogP contribution in [0.3, 0.4) is 0 Å². The Morgan fingerprint density at radius 2 is 0.965 bits per heavy atom. The number of nitrogens with two attached hydrogens (primary N) is 4. The molecule has 14 amide bonds. The molecule has 0 radical (unpaired) electrons. The number of likely N-dealkylation sites (tertiary alicyclic amines) is 2. The number of carboxylic acids is 1. The van der Waals surface area contributed by atoms with Gasteiger partial charge in [0.2, 0.25) is 82.7 Å². The van der Waals surface area contributed by atoms with Crippen LogP contribution in [0.1, 0.15) is 161 Å². The lowest BCUT2D eigenvalue weighted by molar-refractivity contribution is -0.143. The molecule has 2 aromatic carbocycles. The van der Waals surface area contributed by atoms with Gasteiger partial charge in [-0.25, -0.2) is 4.98 Å². The van der Waals surface area contributed by atoms with E-state index >= 15 is 4.79 Å². The number of nitrogens with one attached hydrogen (secondary N) is 13. The van der Waals surface area contributed by atoms with Crippen LogP contribution in [0.5, 0.6) is 0 Å². The largest absolute Gasteiger partial charge is 0.480 e. The third-order valence-corrected chi connectivity index (χ3v) is 20.0. The summed E-state index contributed by atoms with van der Waals surface area (Å²) < 4.78 is 0. The number of hydrogen-bond donors (Lipinski definition) is 18. The molecule has 616 valence electrons. The monoisotopic (exact) mass is 1570 g/mol. The lowest BCUT2D eigenvalue weighted by Gasteiger charge is -2.31. The van der Waals surface area contributed by atoms with E-state index in [1.807, 2.05) is 49.4 Å². The predicted octanol–water partition coefficient (Wildman–Crippen LogP) is -0.764. The van der Waals surface area contributed by atoms with Crippen LogP contribution in [0.25, 0.3) is 21.8 Å². The number of aromatic nitrogens is 4. The van der Waals surface area contributed by atoms with Crippen LogP contribution >= 0.6 is 0 Å². The Kier molecular flexibility index (Phi) is 34.2. The molecule has 5 heterocycles. The van der Waals surface area contributed by atoms with Crippen LogP contribution in [-0.2, 0) is 91.2 Å². The van der Waals surface area contributed by atoms with Gasteiger partial charge in [-0.1, -0.05) is 83.9 Å². The van der Waals surface area contributed by atoms with Crippen LogP contribution in [0.2, 0.25) is 0 Å². The van der Waals surface area contributed by atoms with Gasteiger partial charge in [0, 0.05) is 84.9 Å². The van der Waals surface area contributed by atoms with Gasteiger partial charge in [0.1, 0.15) is 66.5 Å². The summed E-state index contributed by atoms with van der Waals surface area (Å²) in [6.45, 7) is 9.87. The number of carboxylic acid groups (broad SMARTS) is 1. The SMILES string of the molecule is CCCC[C@H](NC(=O)[C@@H]1CCCN1C(=O)[C@H](CCC(N)=O)NC(=O)CNC(=O)[C@@H]1CCCN1C(=O)[C@H](CCCCN)NC(=O)[C@H](CC(C)C)NC(=O)[C@H](CCC(N)=O)NC(=O)[C@H](CC(C)C)NC(=O)[C@H](Cc1c[nH]c2ccccc12)NC(=O)[C@H](Cc1cnc[nH]1)NC(=O)[C@@H](N)Cc1c[nH]c2ccccc12)C(=O)N[C@@H](C)C(=O)O. The normalized spacial score (nSPS) is 16.8. The number of rotatable bonds is 46. The van der Waals surface area contributed by atoms with Crippen molar-refractivity contribution in [2.75, 3.05) is 26.2 Å². The van der Waals surface area contributed by atoms with Crippen molar-refractivity contribution < 1.29 is 77.0 Å². The third-order valence-electron chi connectivity index (χ3n) is 20.0. The number of primary amides is 2. The summed E-state index contributed by atoms with van der Waals surface area (Å²) in [7, 11) is 0. The average molecular weight is 1570 g/mol. The van der Waals surface area contributed by atoms with Gasteiger partial charge in [-0.05, 0) is 132 Å². The molecule has 2 fully saturated rings. The number of imidazole rings is 1. The minimum Gasteiger partial charge on any atom is -0.480 e. The molecule has 5 aromatic rings. The number of H-pyrrole nitrogens is 3. The fourth-order valence-corrected chi connectivity index (χ4v) is 13.9. The third kappa shape index (κ3) is 26.7. The van der Waals surface area contributed by atoms with Crippen LogP contribution in [0.15, 0.2) is 73.4 Å². The van der Waals surface area contributed by atoms with Gasteiger partial charge >= 0.3 is 5.97 Å². The minimum absolute atomic E-state index is 0.0199. The molecule has 2 aliphatic heterocycles. The van der Waals surface area contributed by atoms with E-state index in [1.54, 1.807) is 46.2 Å². The van der Waals surface area contributed by atoms with E-state index in [9.17, 15) is 72.2 Å². The Morgan fingerprint density at radius 3 is 1.49 bits per heavy atom. The van der Waals surface area contributed by atoms with Crippen molar-refractivity contribution in [3.05, 3.63) is 90.3 Å². The topological polar surface area (TPSA) is 567 Å². The number of carbonyl (C=O) groups excluding carboxylic acids is 14. The number of unbranched alkanes of at least 4 members (excludes halogenated alkanes) is 2. The molecular formula is C77H112N20O16. The number of nitrogens with zero attached hydrogens (tertiary/aromatic N) is 3. The van der Waals surface area contributed by atoms with E-state index in [1.165, 1.54) is 29.2 Å². The molecule has 22 N–H and O–H groups in total. The van der Waals surface area contributed by atoms with E-state index < -0.39 is 174 Å². The van der Waals surface area contributed by atoms with E-state index in [0.29, 0.717) is 49.8 Å². The summed E-state index contributed by atoms with van der Waals surface area (Å²) in [6, 6.07) is -0.827. The molecule has 3 aromatic heterocycles. The second-order valence-electron chi connectivity index (χ2n) is 29.9. The number of aliphatic carboxylic acids is 1. The number of hydrogen-bond acceptors (Lipinski definition) is 18. The first-order valence-electron chi connectivity index (χ1n) is 38.8. The van der Waals surface area contributed by atoms with Gasteiger partial charge < -0.3 is 106 Å². The molecule has 36 heteroatoms. The highest BCUT2D eigenvalue weighted by molar-refractivity contribution is 6.00. The molecule has 0 aliphatic carbocycles. The van der Waals surface area contributed by atoms with Crippen molar-refractivity contribution in [3.8, 4) is 0 Å². The first-order chi connectivity index (χ1) is 53.8. The van der Waals surface area contributed by atoms with Crippen molar-refractivity contribution in [1.29, 1.82) is 0 Å². The van der Waals surface area contributed by atoms with Crippen LogP contribution in [0, 0.1) is 11.8 Å². The maximum Gasteiger partial charge on any atom is 0.325 e. The van der Waals surface area contributed by atoms with Crippen molar-refractivity contribution in [1.82, 2.24) is 82.9 Å². The summed E-state index contributed by atoms with van der Waals surface area (Å²) >= 11 is 0. The highest BCUT2D eigenvalue weighted by Crippen LogP contribution is 2.25. The first-order valence-corrected chi connectivity index (χ1v) is 38.8. The fraction of sp³-hybridized carbons (Fsp3) is 0.558. The zero-order chi connectivity index (χ0) is 82.6. The van der Waals surface area contributed by atoms with Gasteiger partial charge in [-0.2, -0.15) is 0 Å². The van der Waals surface area contributed by atoms with Crippen LogP contribution in [-0.4, -0.2) is 222 Å². The maximum atomic E-state index is 15.0. The van der Waals surface area contributed by atoms with Crippen LogP contribution in [0.4, 0.5) is 0 Å². The molecule has 36 nitrogen and oxygen atoms in total. The summed E-state index contributed by atoms with van der Waals surface area (Å²) in [5.41, 5.74) is 26.9. The van der Waals surface area contributed by atoms with E-state index in [4.69, 9.17) is 22.9 Å². The van der Waals surface area contributed by atoms with Gasteiger partial charge in [0.05, 0.1) is 18.9 Å². The van der Waals surface area contributed by atoms with Gasteiger partial charge in [0.25, 0.3) is 0 Å². The molecule has 0 spiro atoms. The number of aromatic amines is 3. The molecule has 113 heavy (non-hydrogen) atoms. The molecule has 7 rings (SSSR count). The zero-order valence-electron chi connectivity index (χ0n) is 65.0. The summed E-state index contributed by atoms with van der Waals surface area (Å²) in [6.07, 6.45) is 7.76. The van der Waals surface area contributed by atoms with E-state index in [0.717, 1.165) is 27.4 Å². The smallest absolute Gasteiger partial charge is 0.325 e. The lowest BCUT2D eigenvalue weighted by Crippen LogP contribution is -2.61. The summed E-state index contributed by atoms with van der Waals surface area (Å²) in [4.78, 5) is 224. The Balaban J connectivity index is 1.03. The average Bonchev–Trinajstić information content (AvgIpc) is 1.60. The molecule has 0 bridgehead atoms. The Bertz CT molecular complexity index is 4140. The fourth-order valence-electron chi connectivity index (χ4n) is 13.9. The highest BCUT2D eigenvalue weighted by Gasteiger charge is 2.42. The standard InChI is InChI=1S/C77H112N20O16/c1-7-8-19-53(67(102)87-44(6)77(112)113)90-74(109)62-24-16-31-97(62)76(111)56(26-28-64(81)99)88-65(100)40-85-73(108)61-23-15-30-96(61)75(110)55(22-13-14-29-78)91-70(105)58(33-43(4)5)93-68(103)54(25-27-63(80)98)89-69(104)57(32-42(2)3)94-71(106)59(35-46-38-84-52-21-12-10-18-49(46)52)95-72(107)60(36-47-39-82-41-86-47)92-66(101)50(79)34-45-37-83-51-20-11-9-17-48(45)51/h9-12,17-18,20-21,37-39,41-44,50,53-62,83-84H,7-8,13-16,19,22-36,40,78-79H2,1-6H3,(H2,80,98)(H2,81,99)(H,82,86)(H,85,108)(H,87,102)(H,88,100)(H,89,104)(H,90,109)(H,91,105)(H,92,101)(H,93,103)(H,94,106)(H,95,107)(H,112,113)/t44-,50-,53-,54-,55-,56-,57-,58-,59-,60-,61-,62-/m0/s1. The van der Waals surface area contributed by atoms with E-state index in [-0.39, 0.29) is 109 Å². The van der Waals surface area contributed by atoms with Gasteiger partial charge in [-0.15, -0.1) is 0 Å². The Morgan fingerprint density at radius 1 is 0.513 bits per heavy atom. The minimum atomic E-state index is -1.57.